The summed E-state index contributed by atoms with van der Waals surface area (Å²) >= 11 is 0. The van der Waals surface area contributed by atoms with Gasteiger partial charge in [-0.05, 0) is 39.5 Å². The molecule has 0 radical (unpaired) electrons. The minimum Gasteiger partial charge on any atom is -0.469 e. The van der Waals surface area contributed by atoms with Crippen molar-refractivity contribution in [1.82, 2.24) is 4.90 Å². The molecule has 116 valence electrons. The van der Waals surface area contributed by atoms with Gasteiger partial charge in [0.1, 0.15) is 11.8 Å². The average molecular weight is 289 g/mol. The number of rotatable bonds is 3. The van der Waals surface area contributed by atoms with Gasteiger partial charge in [0.15, 0.2) is 0 Å². The smallest absolute Gasteiger partial charge is 0.410 e. The van der Waals surface area contributed by atoms with Crippen molar-refractivity contribution in [1.29, 1.82) is 0 Å². The van der Waals surface area contributed by atoms with E-state index in [0.717, 1.165) is 0 Å². The van der Waals surface area contributed by atoms with E-state index < -0.39 is 17.9 Å². The van der Waals surface area contributed by atoms with Gasteiger partial charge in [-0.1, -0.05) is 0 Å². The Bertz CT molecular complexity index is 354. The molecule has 1 saturated heterocycles. The average Bonchev–Trinajstić information content (AvgIpc) is 2.34. The predicted molar refractivity (Wildman–Crippen MR) is 72.1 cm³/mol. The number of hydrogen-bond donors (Lipinski definition) is 0. The van der Waals surface area contributed by atoms with Crippen LogP contribution in [0.15, 0.2) is 0 Å². The quantitative estimate of drug-likeness (QED) is 0.749. The molecule has 2 atom stereocenters. The molecule has 20 heavy (non-hydrogen) atoms. The molecular formula is C14H24FNO4. The molecule has 1 aliphatic heterocycles. The molecule has 0 bridgehead atoms. The van der Waals surface area contributed by atoms with E-state index in [0.29, 0.717) is 19.4 Å². The number of alkyl halides is 1. The largest absolute Gasteiger partial charge is 0.469 e. The molecule has 0 saturated carbocycles. The third-order valence-electron chi connectivity index (χ3n) is 3.27. The molecule has 0 spiro atoms. The second kappa shape index (κ2) is 6.90. The van der Waals surface area contributed by atoms with Crippen molar-refractivity contribution in [3.05, 3.63) is 0 Å². The number of methoxy groups -OCH3 is 1. The first-order chi connectivity index (χ1) is 9.23. The van der Waals surface area contributed by atoms with E-state index in [1.807, 2.05) is 0 Å². The normalized spacial score (nSPS) is 23.4. The number of amides is 1. The molecule has 0 aromatic carbocycles. The van der Waals surface area contributed by atoms with Crippen LogP contribution in [0.2, 0.25) is 0 Å². The second-order valence-electron chi connectivity index (χ2n) is 6.11. The second-order valence-corrected chi connectivity index (χ2v) is 6.11. The summed E-state index contributed by atoms with van der Waals surface area (Å²) in [6.07, 6.45) is -0.394. The SMILES string of the molecule is COC(=O)CCC1CCN(C(=O)OC(C)(C)C)CC1F. The van der Waals surface area contributed by atoms with Crippen molar-refractivity contribution >= 4 is 12.1 Å². The molecule has 1 rings (SSSR count). The molecule has 6 heteroatoms. The molecular weight excluding hydrogens is 265 g/mol. The first-order valence-corrected chi connectivity index (χ1v) is 6.91. The van der Waals surface area contributed by atoms with Crippen molar-refractivity contribution < 1.29 is 23.5 Å². The molecule has 0 aromatic heterocycles. The molecule has 1 amide bonds. The van der Waals surface area contributed by atoms with Gasteiger partial charge in [-0.2, -0.15) is 0 Å². The summed E-state index contributed by atoms with van der Waals surface area (Å²) in [5, 5.41) is 0. The van der Waals surface area contributed by atoms with Crippen LogP contribution in [0, 0.1) is 5.92 Å². The zero-order valence-corrected chi connectivity index (χ0v) is 12.6. The van der Waals surface area contributed by atoms with E-state index in [2.05, 4.69) is 4.74 Å². The summed E-state index contributed by atoms with van der Waals surface area (Å²) in [6, 6.07) is 0. The highest BCUT2D eigenvalue weighted by Crippen LogP contribution is 2.26. The van der Waals surface area contributed by atoms with Crippen molar-refractivity contribution in [2.45, 2.75) is 51.8 Å². The number of halogens is 1. The fourth-order valence-corrected chi connectivity index (χ4v) is 2.18. The Labute approximate surface area is 119 Å². The van der Waals surface area contributed by atoms with Crippen molar-refractivity contribution in [3.8, 4) is 0 Å². The Balaban J connectivity index is 2.43. The Kier molecular flexibility index (Phi) is 5.77. The molecule has 0 aromatic rings. The number of ether oxygens (including phenoxy) is 2. The molecule has 1 fully saturated rings. The number of piperidine rings is 1. The summed E-state index contributed by atoms with van der Waals surface area (Å²) in [5.41, 5.74) is -0.579. The number of hydrogen-bond acceptors (Lipinski definition) is 4. The van der Waals surface area contributed by atoms with Gasteiger partial charge in [0.25, 0.3) is 0 Å². The summed E-state index contributed by atoms with van der Waals surface area (Å²) in [5.74, 6) is -0.528. The maximum absolute atomic E-state index is 14.0. The van der Waals surface area contributed by atoms with Crippen LogP contribution in [0.25, 0.3) is 0 Å². The Morgan fingerprint density at radius 3 is 2.50 bits per heavy atom. The minimum absolute atomic E-state index is 0.0285. The fraction of sp³-hybridized carbons (Fsp3) is 0.857. The van der Waals surface area contributed by atoms with Crippen LogP contribution in [0.4, 0.5) is 9.18 Å². The standard InChI is InChI=1S/C14H24FNO4/c1-14(2,3)20-13(18)16-8-7-10(11(15)9-16)5-6-12(17)19-4/h10-11H,5-9H2,1-4H3. The van der Waals surface area contributed by atoms with Gasteiger partial charge in [-0.3, -0.25) is 4.79 Å². The lowest BCUT2D eigenvalue weighted by atomic mass is 9.91. The molecule has 2 unspecified atom stereocenters. The van der Waals surface area contributed by atoms with Crippen molar-refractivity contribution in [2.75, 3.05) is 20.2 Å². The highest BCUT2D eigenvalue weighted by molar-refractivity contribution is 5.69. The summed E-state index contributed by atoms with van der Waals surface area (Å²) in [4.78, 5) is 24.3. The molecule has 1 aliphatic rings. The van der Waals surface area contributed by atoms with Crippen LogP contribution in [-0.4, -0.2) is 48.9 Å². The summed E-state index contributed by atoms with van der Waals surface area (Å²) < 4.78 is 23.8. The lowest BCUT2D eigenvalue weighted by molar-refractivity contribution is -0.141. The highest BCUT2D eigenvalue weighted by atomic mass is 19.1. The Morgan fingerprint density at radius 1 is 1.35 bits per heavy atom. The number of esters is 1. The first kappa shape index (κ1) is 16.7. The van der Waals surface area contributed by atoms with E-state index in [4.69, 9.17) is 4.74 Å². The third-order valence-corrected chi connectivity index (χ3v) is 3.27. The Hall–Kier alpha value is -1.33. The number of nitrogens with zero attached hydrogens (tertiary/aromatic N) is 1. The first-order valence-electron chi connectivity index (χ1n) is 6.91. The zero-order valence-electron chi connectivity index (χ0n) is 12.6. The monoisotopic (exact) mass is 289 g/mol. The topological polar surface area (TPSA) is 55.8 Å². The van der Waals surface area contributed by atoms with Gasteiger partial charge < -0.3 is 14.4 Å². The zero-order chi connectivity index (χ0) is 15.3. The van der Waals surface area contributed by atoms with Crippen molar-refractivity contribution in [2.24, 2.45) is 5.92 Å². The number of carbonyl (C=O) groups is 2. The lowest BCUT2D eigenvalue weighted by Gasteiger charge is -2.35. The van der Waals surface area contributed by atoms with Crippen LogP contribution >= 0.6 is 0 Å². The van der Waals surface area contributed by atoms with Gasteiger partial charge >= 0.3 is 12.1 Å². The van der Waals surface area contributed by atoms with Crippen LogP contribution in [-0.2, 0) is 14.3 Å². The lowest BCUT2D eigenvalue weighted by Crippen LogP contribution is -2.46. The number of carbonyl (C=O) groups excluding carboxylic acids is 2. The molecule has 0 N–H and O–H groups in total. The molecule has 0 aliphatic carbocycles. The number of likely N-dealkylation sites (tertiary alicyclic amines) is 1. The summed E-state index contributed by atoms with van der Waals surface area (Å²) in [7, 11) is 1.32. The third kappa shape index (κ3) is 5.35. The minimum atomic E-state index is -1.12. The highest BCUT2D eigenvalue weighted by Gasteiger charge is 2.33. The van der Waals surface area contributed by atoms with Crippen molar-refractivity contribution in [3.63, 3.8) is 0 Å². The van der Waals surface area contributed by atoms with E-state index in [1.165, 1.54) is 12.0 Å². The van der Waals surface area contributed by atoms with Crippen LogP contribution in [0.3, 0.4) is 0 Å². The van der Waals surface area contributed by atoms with Crippen LogP contribution in [0.1, 0.15) is 40.0 Å². The van der Waals surface area contributed by atoms with Gasteiger partial charge in [0, 0.05) is 13.0 Å². The maximum atomic E-state index is 14.0. The van der Waals surface area contributed by atoms with E-state index in [9.17, 15) is 14.0 Å². The maximum Gasteiger partial charge on any atom is 0.410 e. The Morgan fingerprint density at radius 2 is 2.00 bits per heavy atom. The van der Waals surface area contributed by atoms with Gasteiger partial charge in [0.2, 0.25) is 0 Å². The van der Waals surface area contributed by atoms with Gasteiger partial charge in [-0.15, -0.1) is 0 Å². The summed E-state index contributed by atoms with van der Waals surface area (Å²) in [6.45, 7) is 5.82. The van der Waals surface area contributed by atoms with E-state index in [1.54, 1.807) is 20.8 Å². The molecule has 1 heterocycles. The van der Waals surface area contributed by atoms with Gasteiger partial charge in [-0.25, -0.2) is 9.18 Å². The predicted octanol–water partition coefficient (Wildman–Crippen LogP) is 2.53. The van der Waals surface area contributed by atoms with Crippen LogP contribution < -0.4 is 0 Å². The van der Waals surface area contributed by atoms with Crippen LogP contribution in [0.5, 0.6) is 0 Å². The van der Waals surface area contributed by atoms with Gasteiger partial charge in [0.05, 0.1) is 13.7 Å². The molecule has 5 nitrogen and oxygen atoms in total. The van der Waals surface area contributed by atoms with E-state index in [-0.39, 0.29) is 24.9 Å². The fourth-order valence-electron chi connectivity index (χ4n) is 2.18. The van der Waals surface area contributed by atoms with E-state index >= 15 is 0 Å².